The Hall–Kier alpha value is -2.87. The molecule has 28 heavy (non-hydrogen) atoms. The van der Waals surface area contributed by atoms with Crippen molar-refractivity contribution in [2.24, 2.45) is 0 Å². The minimum Gasteiger partial charge on any atom is -0.345 e. The highest BCUT2D eigenvalue weighted by Gasteiger charge is 2.34. The van der Waals surface area contributed by atoms with E-state index in [0.29, 0.717) is 6.42 Å². The van der Waals surface area contributed by atoms with E-state index < -0.39 is 12.0 Å². The maximum atomic E-state index is 12.8. The van der Waals surface area contributed by atoms with E-state index in [1.54, 1.807) is 0 Å². The third kappa shape index (κ3) is 4.69. The van der Waals surface area contributed by atoms with Gasteiger partial charge in [-0.1, -0.05) is 30.3 Å². The first-order valence-electron chi connectivity index (χ1n) is 8.81. The van der Waals surface area contributed by atoms with Crippen molar-refractivity contribution in [1.82, 2.24) is 20.2 Å². The number of imidazole rings is 1. The number of nitrogens with zero attached hydrogens (tertiary/aromatic N) is 2. The van der Waals surface area contributed by atoms with Gasteiger partial charge in [0.05, 0.1) is 17.1 Å². The lowest BCUT2D eigenvalue weighted by Gasteiger charge is -2.21. The van der Waals surface area contributed by atoms with Crippen molar-refractivity contribution < 1.29 is 18.0 Å². The summed E-state index contributed by atoms with van der Waals surface area (Å²) in [6.07, 6.45) is -3.86. The Morgan fingerprint density at radius 1 is 1.18 bits per heavy atom. The number of halogens is 3. The SMILES string of the molecule is CN(C)CCC(NC(=O)c1ccc2nc(C(F)(F)F)[nH]c2c1)c1ccccc1. The number of carbonyl (C=O) groups is 1. The van der Waals surface area contributed by atoms with Crippen LogP contribution in [0.5, 0.6) is 0 Å². The Morgan fingerprint density at radius 3 is 2.54 bits per heavy atom. The summed E-state index contributed by atoms with van der Waals surface area (Å²) in [7, 11) is 3.91. The largest absolute Gasteiger partial charge is 0.449 e. The molecule has 1 amide bonds. The molecule has 1 aromatic heterocycles. The number of rotatable bonds is 6. The van der Waals surface area contributed by atoms with Gasteiger partial charge in [-0.25, -0.2) is 4.98 Å². The first kappa shape index (κ1) is 19.9. The summed E-state index contributed by atoms with van der Waals surface area (Å²) in [4.78, 5) is 20.5. The second kappa shape index (κ2) is 8.02. The molecule has 0 fully saturated rings. The number of nitrogens with one attached hydrogen (secondary N) is 2. The predicted octanol–water partition coefficient (Wildman–Crippen LogP) is 4.00. The number of alkyl halides is 3. The third-order valence-electron chi connectivity index (χ3n) is 4.38. The van der Waals surface area contributed by atoms with Crippen LogP contribution >= 0.6 is 0 Å². The number of hydrogen-bond donors (Lipinski definition) is 2. The quantitative estimate of drug-likeness (QED) is 0.669. The fourth-order valence-corrected chi connectivity index (χ4v) is 2.92. The van der Waals surface area contributed by atoms with E-state index in [0.717, 1.165) is 12.1 Å². The van der Waals surface area contributed by atoms with Gasteiger partial charge in [-0.15, -0.1) is 0 Å². The third-order valence-corrected chi connectivity index (χ3v) is 4.38. The summed E-state index contributed by atoms with van der Waals surface area (Å²) in [6, 6.07) is 13.7. The number of aromatic amines is 1. The van der Waals surface area contributed by atoms with Crippen LogP contribution in [-0.4, -0.2) is 41.4 Å². The summed E-state index contributed by atoms with van der Waals surface area (Å²) >= 11 is 0. The Labute approximate surface area is 160 Å². The van der Waals surface area contributed by atoms with Gasteiger partial charge < -0.3 is 15.2 Å². The number of benzene rings is 2. The summed E-state index contributed by atoms with van der Waals surface area (Å²) in [5.41, 5.74) is 1.58. The van der Waals surface area contributed by atoms with Crippen LogP contribution in [0.2, 0.25) is 0 Å². The maximum absolute atomic E-state index is 12.8. The Bertz CT molecular complexity index is 951. The normalized spacial score (nSPS) is 13.1. The highest BCUT2D eigenvalue weighted by Crippen LogP contribution is 2.28. The Balaban J connectivity index is 1.82. The monoisotopic (exact) mass is 390 g/mol. The first-order chi connectivity index (χ1) is 13.2. The van der Waals surface area contributed by atoms with E-state index in [-0.39, 0.29) is 28.5 Å². The van der Waals surface area contributed by atoms with E-state index in [2.05, 4.69) is 15.3 Å². The molecular weight excluding hydrogens is 369 g/mol. The van der Waals surface area contributed by atoms with E-state index in [4.69, 9.17) is 0 Å². The average Bonchev–Trinajstić information content (AvgIpc) is 3.09. The molecule has 5 nitrogen and oxygen atoms in total. The number of aromatic nitrogens is 2. The molecule has 0 radical (unpaired) electrons. The molecule has 0 aliphatic heterocycles. The molecule has 2 N–H and O–H groups in total. The molecule has 8 heteroatoms. The minimum atomic E-state index is -4.56. The Morgan fingerprint density at radius 2 is 1.89 bits per heavy atom. The standard InChI is InChI=1S/C20H21F3N4O/c1-27(2)11-10-15(13-6-4-3-5-7-13)24-18(28)14-8-9-16-17(12-14)26-19(25-16)20(21,22)23/h3-9,12,15H,10-11H2,1-2H3,(H,24,28)(H,25,26). The molecular formula is C20H21F3N4O. The smallest absolute Gasteiger partial charge is 0.345 e. The van der Waals surface area contributed by atoms with Crippen LogP contribution in [0.25, 0.3) is 11.0 Å². The van der Waals surface area contributed by atoms with E-state index in [1.165, 1.54) is 18.2 Å². The van der Waals surface area contributed by atoms with Gasteiger partial charge in [-0.2, -0.15) is 13.2 Å². The number of hydrogen-bond acceptors (Lipinski definition) is 3. The fourth-order valence-electron chi connectivity index (χ4n) is 2.92. The van der Waals surface area contributed by atoms with Crippen LogP contribution < -0.4 is 5.32 Å². The molecule has 148 valence electrons. The van der Waals surface area contributed by atoms with Crippen molar-refractivity contribution in [2.45, 2.75) is 18.6 Å². The number of fused-ring (bicyclic) bond motifs is 1. The van der Waals surface area contributed by atoms with Crippen molar-refractivity contribution >= 4 is 16.9 Å². The van der Waals surface area contributed by atoms with Gasteiger partial charge in [0.15, 0.2) is 0 Å². The molecule has 1 unspecified atom stereocenters. The lowest BCUT2D eigenvalue weighted by molar-refractivity contribution is -0.144. The van der Waals surface area contributed by atoms with E-state index in [9.17, 15) is 18.0 Å². The highest BCUT2D eigenvalue weighted by atomic mass is 19.4. The Kier molecular flexibility index (Phi) is 5.69. The van der Waals surface area contributed by atoms with Gasteiger partial charge in [-0.05, 0) is 50.8 Å². The lowest BCUT2D eigenvalue weighted by atomic mass is 10.0. The molecule has 0 saturated heterocycles. The molecule has 0 spiro atoms. The summed E-state index contributed by atoms with van der Waals surface area (Å²) in [6.45, 7) is 0.772. The summed E-state index contributed by atoms with van der Waals surface area (Å²) in [5.74, 6) is -1.43. The van der Waals surface area contributed by atoms with Gasteiger partial charge in [0, 0.05) is 5.56 Å². The van der Waals surface area contributed by atoms with Gasteiger partial charge in [0.2, 0.25) is 5.82 Å². The topological polar surface area (TPSA) is 61.0 Å². The van der Waals surface area contributed by atoms with Crippen LogP contribution in [0.15, 0.2) is 48.5 Å². The van der Waals surface area contributed by atoms with E-state index in [1.807, 2.05) is 49.3 Å². The molecule has 0 bridgehead atoms. The second-order valence-electron chi connectivity index (χ2n) is 6.84. The van der Waals surface area contributed by atoms with Crippen molar-refractivity contribution in [1.29, 1.82) is 0 Å². The minimum absolute atomic E-state index is 0.163. The molecule has 1 atom stereocenters. The zero-order valence-corrected chi connectivity index (χ0v) is 15.5. The summed E-state index contributed by atoms with van der Waals surface area (Å²) < 4.78 is 38.5. The molecule has 1 heterocycles. The van der Waals surface area contributed by atoms with Gasteiger partial charge in [0.25, 0.3) is 5.91 Å². The number of H-pyrrole nitrogens is 1. The van der Waals surface area contributed by atoms with Crippen molar-refractivity contribution in [3.63, 3.8) is 0 Å². The highest BCUT2D eigenvalue weighted by molar-refractivity contribution is 5.97. The van der Waals surface area contributed by atoms with Crippen molar-refractivity contribution in [3.8, 4) is 0 Å². The van der Waals surface area contributed by atoms with Crippen LogP contribution in [0.1, 0.15) is 34.2 Å². The fraction of sp³-hybridized carbons (Fsp3) is 0.300. The van der Waals surface area contributed by atoms with Gasteiger partial charge >= 0.3 is 6.18 Å². The molecule has 2 aromatic carbocycles. The average molecular weight is 390 g/mol. The molecule has 3 rings (SSSR count). The van der Waals surface area contributed by atoms with Gasteiger partial charge in [0.1, 0.15) is 0 Å². The zero-order valence-electron chi connectivity index (χ0n) is 15.5. The zero-order chi connectivity index (χ0) is 20.3. The van der Waals surface area contributed by atoms with Crippen molar-refractivity contribution in [3.05, 3.63) is 65.5 Å². The summed E-state index contributed by atoms with van der Waals surface area (Å²) in [5, 5.41) is 2.98. The van der Waals surface area contributed by atoms with E-state index >= 15 is 0 Å². The maximum Gasteiger partial charge on any atom is 0.449 e. The van der Waals surface area contributed by atoms with Crippen LogP contribution in [0.3, 0.4) is 0 Å². The molecule has 3 aromatic rings. The second-order valence-corrected chi connectivity index (χ2v) is 6.84. The number of carbonyl (C=O) groups excluding carboxylic acids is 1. The van der Waals surface area contributed by atoms with Crippen LogP contribution in [0.4, 0.5) is 13.2 Å². The first-order valence-corrected chi connectivity index (χ1v) is 8.81. The van der Waals surface area contributed by atoms with Crippen molar-refractivity contribution in [2.75, 3.05) is 20.6 Å². The molecule has 0 saturated carbocycles. The number of amides is 1. The lowest BCUT2D eigenvalue weighted by Crippen LogP contribution is -2.31. The van der Waals surface area contributed by atoms with Crippen LogP contribution in [-0.2, 0) is 6.18 Å². The van der Waals surface area contributed by atoms with Gasteiger partial charge in [-0.3, -0.25) is 4.79 Å². The van der Waals surface area contributed by atoms with Crippen LogP contribution in [0, 0.1) is 0 Å². The molecule has 0 aliphatic carbocycles. The predicted molar refractivity (Wildman–Crippen MR) is 101 cm³/mol. The molecule has 0 aliphatic rings.